The highest BCUT2D eigenvalue weighted by atomic mass is 19.4. The van der Waals surface area contributed by atoms with Gasteiger partial charge in [0.05, 0.1) is 11.1 Å². The van der Waals surface area contributed by atoms with Crippen LogP contribution in [0.2, 0.25) is 0 Å². The zero-order chi connectivity index (χ0) is 14.9. The van der Waals surface area contributed by atoms with Crippen LogP contribution in [0.15, 0.2) is 42.5 Å². The predicted octanol–water partition coefficient (Wildman–Crippen LogP) is 4.38. The molecule has 0 spiro atoms. The summed E-state index contributed by atoms with van der Waals surface area (Å²) in [6.45, 7) is 1.87. The molecule has 20 heavy (non-hydrogen) atoms. The monoisotopic (exact) mass is 280 g/mol. The summed E-state index contributed by atoms with van der Waals surface area (Å²) in [6.07, 6.45) is -4.56. The first kappa shape index (κ1) is 14.1. The number of halogens is 3. The number of hydrogen-bond donors (Lipinski definition) is 1. The Labute approximate surface area is 113 Å². The molecule has 2 aromatic carbocycles. The van der Waals surface area contributed by atoms with Crippen molar-refractivity contribution in [2.45, 2.75) is 13.1 Å². The van der Waals surface area contributed by atoms with Crippen LogP contribution in [-0.2, 0) is 6.18 Å². The second kappa shape index (κ2) is 5.00. The van der Waals surface area contributed by atoms with E-state index in [1.165, 1.54) is 6.07 Å². The van der Waals surface area contributed by atoms with Crippen LogP contribution in [0.25, 0.3) is 11.1 Å². The molecule has 104 valence electrons. The molecular weight excluding hydrogens is 269 g/mol. The van der Waals surface area contributed by atoms with E-state index < -0.39 is 17.7 Å². The summed E-state index contributed by atoms with van der Waals surface area (Å²) in [5.41, 5.74) is 0.499. The second-order valence-corrected chi connectivity index (χ2v) is 4.43. The lowest BCUT2D eigenvalue weighted by Crippen LogP contribution is -2.08. The molecule has 2 nitrogen and oxygen atoms in total. The first-order chi connectivity index (χ1) is 9.29. The van der Waals surface area contributed by atoms with Crippen LogP contribution >= 0.6 is 0 Å². The summed E-state index contributed by atoms with van der Waals surface area (Å²) in [7, 11) is 0. The molecule has 0 amide bonds. The fourth-order valence-electron chi connectivity index (χ4n) is 1.88. The number of hydrogen-bond acceptors (Lipinski definition) is 1. The molecular formula is C15H11F3O2. The zero-order valence-electron chi connectivity index (χ0n) is 10.5. The van der Waals surface area contributed by atoms with Gasteiger partial charge in [0, 0.05) is 0 Å². The molecule has 0 saturated heterocycles. The standard InChI is InChI=1S/C15H11F3O2/c1-9-2-4-10(5-3-9)12-7-6-11(15(16,17)18)8-13(12)14(19)20/h2-8H,1H3,(H,19,20). The minimum absolute atomic E-state index is 0.269. The van der Waals surface area contributed by atoms with Crippen LogP contribution < -0.4 is 0 Å². The van der Waals surface area contributed by atoms with Crippen molar-refractivity contribution in [2.75, 3.05) is 0 Å². The molecule has 2 rings (SSSR count). The van der Waals surface area contributed by atoms with E-state index in [1.807, 2.05) is 6.92 Å². The first-order valence-corrected chi connectivity index (χ1v) is 5.80. The van der Waals surface area contributed by atoms with Gasteiger partial charge in [-0.2, -0.15) is 13.2 Å². The van der Waals surface area contributed by atoms with Gasteiger partial charge in [0.1, 0.15) is 0 Å². The van der Waals surface area contributed by atoms with Crippen molar-refractivity contribution in [1.29, 1.82) is 0 Å². The fourth-order valence-corrected chi connectivity index (χ4v) is 1.88. The van der Waals surface area contributed by atoms with E-state index in [2.05, 4.69) is 0 Å². The van der Waals surface area contributed by atoms with E-state index in [-0.39, 0.29) is 11.1 Å². The molecule has 0 heterocycles. The van der Waals surface area contributed by atoms with Crippen LogP contribution in [-0.4, -0.2) is 11.1 Å². The Balaban J connectivity index is 2.59. The maximum atomic E-state index is 12.6. The van der Waals surface area contributed by atoms with Crippen molar-refractivity contribution >= 4 is 5.97 Å². The number of benzene rings is 2. The van der Waals surface area contributed by atoms with E-state index in [0.29, 0.717) is 11.6 Å². The SMILES string of the molecule is Cc1ccc(-c2ccc(C(F)(F)F)cc2C(=O)O)cc1. The van der Waals surface area contributed by atoms with E-state index in [4.69, 9.17) is 5.11 Å². The number of rotatable bonds is 2. The van der Waals surface area contributed by atoms with Crippen LogP contribution in [0.1, 0.15) is 21.5 Å². The summed E-state index contributed by atoms with van der Waals surface area (Å²) in [4.78, 5) is 11.2. The largest absolute Gasteiger partial charge is 0.478 e. The normalized spacial score (nSPS) is 11.4. The summed E-state index contributed by atoms with van der Waals surface area (Å²) in [5, 5.41) is 9.10. The second-order valence-electron chi connectivity index (χ2n) is 4.43. The number of carbonyl (C=O) groups is 1. The third-order valence-electron chi connectivity index (χ3n) is 2.94. The van der Waals surface area contributed by atoms with Crippen molar-refractivity contribution in [1.82, 2.24) is 0 Å². The average Bonchev–Trinajstić information content (AvgIpc) is 2.38. The predicted molar refractivity (Wildman–Crippen MR) is 68.6 cm³/mol. The van der Waals surface area contributed by atoms with Crippen LogP contribution in [0.4, 0.5) is 13.2 Å². The van der Waals surface area contributed by atoms with Crippen molar-refractivity contribution in [2.24, 2.45) is 0 Å². The van der Waals surface area contributed by atoms with Gasteiger partial charge in [-0.15, -0.1) is 0 Å². The van der Waals surface area contributed by atoms with E-state index in [9.17, 15) is 18.0 Å². The Morgan fingerprint density at radius 3 is 2.15 bits per heavy atom. The highest BCUT2D eigenvalue weighted by Gasteiger charge is 2.31. The zero-order valence-corrected chi connectivity index (χ0v) is 10.5. The Kier molecular flexibility index (Phi) is 3.53. The average molecular weight is 280 g/mol. The number of aromatic carboxylic acids is 1. The summed E-state index contributed by atoms with van der Waals surface area (Å²) >= 11 is 0. The summed E-state index contributed by atoms with van der Waals surface area (Å²) in [5.74, 6) is -1.38. The summed E-state index contributed by atoms with van der Waals surface area (Å²) in [6, 6.07) is 9.67. The van der Waals surface area contributed by atoms with Gasteiger partial charge in [-0.25, -0.2) is 4.79 Å². The molecule has 1 N–H and O–H groups in total. The Morgan fingerprint density at radius 2 is 1.65 bits per heavy atom. The lowest BCUT2D eigenvalue weighted by Gasteiger charge is -2.11. The summed E-state index contributed by atoms with van der Waals surface area (Å²) < 4.78 is 37.9. The van der Waals surface area contributed by atoms with E-state index >= 15 is 0 Å². The van der Waals surface area contributed by atoms with Gasteiger partial charge in [-0.05, 0) is 30.2 Å². The smallest absolute Gasteiger partial charge is 0.416 e. The maximum Gasteiger partial charge on any atom is 0.416 e. The van der Waals surface area contributed by atoms with Crippen LogP contribution in [0, 0.1) is 6.92 Å². The Bertz CT molecular complexity index is 643. The van der Waals surface area contributed by atoms with Crippen LogP contribution in [0.5, 0.6) is 0 Å². The fraction of sp³-hybridized carbons (Fsp3) is 0.133. The molecule has 2 aromatic rings. The first-order valence-electron chi connectivity index (χ1n) is 5.80. The van der Waals surface area contributed by atoms with Crippen LogP contribution in [0.3, 0.4) is 0 Å². The maximum absolute atomic E-state index is 12.6. The molecule has 0 saturated carbocycles. The molecule has 0 unspecified atom stereocenters. The molecule has 0 aromatic heterocycles. The topological polar surface area (TPSA) is 37.3 Å². The molecule has 0 bridgehead atoms. The van der Waals surface area contributed by atoms with Gasteiger partial charge >= 0.3 is 12.1 Å². The van der Waals surface area contributed by atoms with Gasteiger partial charge < -0.3 is 5.11 Å². The van der Waals surface area contributed by atoms with Gasteiger partial charge in [0.15, 0.2) is 0 Å². The Hall–Kier alpha value is -2.30. The molecule has 0 aliphatic heterocycles. The molecule has 5 heteroatoms. The molecule has 0 atom stereocenters. The molecule has 0 aliphatic carbocycles. The lowest BCUT2D eigenvalue weighted by molar-refractivity contribution is -0.137. The van der Waals surface area contributed by atoms with Gasteiger partial charge in [0.2, 0.25) is 0 Å². The molecule has 0 aliphatic rings. The number of aryl methyl sites for hydroxylation is 1. The number of carboxylic acid groups (broad SMARTS) is 1. The molecule has 0 radical (unpaired) electrons. The highest BCUT2D eigenvalue weighted by Crippen LogP contribution is 2.33. The quantitative estimate of drug-likeness (QED) is 0.886. The molecule has 0 fully saturated rings. The van der Waals surface area contributed by atoms with E-state index in [1.54, 1.807) is 24.3 Å². The highest BCUT2D eigenvalue weighted by molar-refractivity contribution is 5.96. The third-order valence-corrected chi connectivity index (χ3v) is 2.94. The lowest BCUT2D eigenvalue weighted by atomic mass is 9.96. The third kappa shape index (κ3) is 2.82. The van der Waals surface area contributed by atoms with E-state index in [0.717, 1.165) is 11.6 Å². The Morgan fingerprint density at radius 1 is 1.05 bits per heavy atom. The number of carboxylic acids is 1. The van der Waals surface area contributed by atoms with Gasteiger partial charge in [-0.1, -0.05) is 35.9 Å². The minimum Gasteiger partial charge on any atom is -0.478 e. The van der Waals surface area contributed by atoms with Gasteiger partial charge in [0.25, 0.3) is 0 Å². The van der Waals surface area contributed by atoms with Gasteiger partial charge in [-0.3, -0.25) is 0 Å². The van der Waals surface area contributed by atoms with Crippen molar-refractivity contribution in [3.05, 3.63) is 59.2 Å². The minimum atomic E-state index is -4.56. The number of alkyl halides is 3. The van der Waals surface area contributed by atoms with Crippen molar-refractivity contribution in [3.63, 3.8) is 0 Å². The van der Waals surface area contributed by atoms with Crippen molar-refractivity contribution in [3.8, 4) is 11.1 Å². The van der Waals surface area contributed by atoms with Crippen molar-refractivity contribution < 1.29 is 23.1 Å².